The topological polar surface area (TPSA) is 89.1 Å². The fraction of sp³-hybridized carbons (Fsp3) is 0.440. The van der Waals surface area contributed by atoms with Gasteiger partial charge in [0.1, 0.15) is 18.1 Å². The molecule has 0 saturated heterocycles. The Morgan fingerprint density at radius 2 is 1.97 bits per heavy atom. The van der Waals surface area contributed by atoms with E-state index >= 15 is 0 Å². The Kier molecular flexibility index (Phi) is 8.30. The van der Waals surface area contributed by atoms with Crippen LogP contribution in [0.25, 0.3) is 0 Å². The molecule has 2 amide bonds. The smallest absolute Gasteiger partial charge is 0.257 e. The molecule has 0 saturated carbocycles. The maximum absolute atomic E-state index is 13.3. The second-order valence-electron chi connectivity index (χ2n) is 8.45. The van der Waals surface area contributed by atoms with Crippen LogP contribution in [0, 0.1) is 5.92 Å². The van der Waals surface area contributed by atoms with E-state index in [0.717, 1.165) is 6.54 Å². The van der Waals surface area contributed by atoms with E-state index in [1.807, 2.05) is 6.92 Å². The summed E-state index contributed by atoms with van der Waals surface area (Å²) in [7, 11) is 4.96. The molecule has 8 heteroatoms. The monoisotopic (exact) mass is 455 g/mol. The number of hydrogen-bond acceptors (Lipinski definition) is 6. The summed E-state index contributed by atoms with van der Waals surface area (Å²) in [6.45, 7) is 5.74. The zero-order valence-electron chi connectivity index (χ0n) is 19.9. The lowest BCUT2D eigenvalue weighted by atomic mass is 10.0. The SMILES string of the molecule is COc1cccc(C(=O)Nc2ccc3c(c2)C(=O)N(C)C[C@@H](OC)[C@@H](C)CN[C@@H](C)CO3)c1. The summed E-state index contributed by atoms with van der Waals surface area (Å²) in [5.74, 6) is 0.783. The van der Waals surface area contributed by atoms with Crippen LogP contribution in [-0.2, 0) is 4.74 Å². The largest absolute Gasteiger partial charge is 0.497 e. The Balaban J connectivity index is 1.88. The number of anilines is 1. The quantitative estimate of drug-likeness (QED) is 0.737. The second kappa shape index (κ2) is 11.2. The number of fused-ring (bicyclic) bond motifs is 1. The second-order valence-corrected chi connectivity index (χ2v) is 8.45. The molecular weight excluding hydrogens is 422 g/mol. The van der Waals surface area contributed by atoms with Crippen molar-refractivity contribution in [3.05, 3.63) is 53.6 Å². The molecule has 33 heavy (non-hydrogen) atoms. The molecule has 1 aliphatic heterocycles. The van der Waals surface area contributed by atoms with Crippen LogP contribution >= 0.6 is 0 Å². The van der Waals surface area contributed by atoms with Crippen LogP contribution in [0.5, 0.6) is 11.5 Å². The maximum Gasteiger partial charge on any atom is 0.257 e. The molecule has 0 bridgehead atoms. The van der Waals surface area contributed by atoms with Gasteiger partial charge in [0.25, 0.3) is 11.8 Å². The molecule has 3 rings (SSSR count). The van der Waals surface area contributed by atoms with Gasteiger partial charge in [0, 0.05) is 44.5 Å². The molecule has 0 fully saturated rings. The van der Waals surface area contributed by atoms with Crippen molar-refractivity contribution in [3.8, 4) is 11.5 Å². The minimum atomic E-state index is -0.296. The zero-order chi connectivity index (χ0) is 24.0. The summed E-state index contributed by atoms with van der Waals surface area (Å²) in [5.41, 5.74) is 1.34. The number of rotatable bonds is 4. The first-order chi connectivity index (χ1) is 15.8. The van der Waals surface area contributed by atoms with Crippen LogP contribution in [0.4, 0.5) is 5.69 Å². The molecule has 0 radical (unpaired) electrons. The first-order valence-electron chi connectivity index (χ1n) is 11.1. The number of methoxy groups -OCH3 is 2. The van der Waals surface area contributed by atoms with Crippen LogP contribution in [0.3, 0.4) is 0 Å². The van der Waals surface area contributed by atoms with Crippen molar-refractivity contribution in [2.75, 3.05) is 46.3 Å². The summed E-state index contributed by atoms with van der Waals surface area (Å²) >= 11 is 0. The minimum Gasteiger partial charge on any atom is -0.497 e. The number of ether oxygens (including phenoxy) is 3. The zero-order valence-corrected chi connectivity index (χ0v) is 19.9. The molecular formula is C25H33N3O5. The Morgan fingerprint density at radius 3 is 2.70 bits per heavy atom. The van der Waals surface area contributed by atoms with Crippen molar-refractivity contribution in [2.45, 2.75) is 26.0 Å². The average Bonchev–Trinajstić information content (AvgIpc) is 2.83. The van der Waals surface area contributed by atoms with Gasteiger partial charge in [-0.2, -0.15) is 0 Å². The van der Waals surface area contributed by atoms with Gasteiger partial charge >= 0.3 is 0 Å². The summed E-state index contributed by atoms with van der Waals surface area (Å²) in [6.07, 6.45) is -0.113. The average molecular weight is 456 g/mol. The lowest BCUT2D eigenvalue weighted by molar-refractivity contribution is 0.0281. The minimum absolute atomic E-state index is 0.0949. The first-order valence-corrected chi connectivity index (χ1v) is 11.1. The van der Waals surface area contributed by atoms with Crippen molar-refractivity contribution >= 4 is 17.5 Å². The fourth-order valence-corrected chi connectivity index (χ4v) is 3.71. The van der Waals surface area contributed by atoms with Crippen LogP contribution in [-0.4, -0.2) is 69.8 Å². The van der Waals surface area contributed by atoms with Gasteiger partial charge < -0.3 is 29.7 Å². The highest BCUT2D eigenvalue weighted by molar-refractivity contribution is 6.05. The molecule has 1 aliphatic rings. The Morgan fingerprint density at radius 1 is 1.18 bits per heavy atom. The van der Waals surface area contributed by atoms with E-state index in [1.165, 1.54) is 0 Å². The third kappa shape index (κ3) is 6.24. The van der Waals surface area contributed by atoms with Crippen LogP contribution in [0.2, 0.25) is 0 Å². The highest BCUT2D eigenvalue weighted by Gasteiger charge is 2.25. The maximum atomic E-state index is 13.3. The van der Waals surface area contributed by atoms with Gasteiger partial charge in [-0.25, -0.2) is 0 Å². The number of amides is 2. The highest BCUT2D eigenvalue weighted by Crippen LogP contribution is 2.26. The van der Waals surface area contributed by atoms with Gasteiger partial charge in [-0.1, -0.05) is 13.0 Å². The first kappa shape index (κ1) is 24.5. The van der Waals surface area contributed by atoms with E-state index in [4.69, 9.17) is 14.2 Å². The number of nitrogens with zero attached hydrogens (tertiary/aromatic N) is 1. The predicted molar refractivity (Wildman–Crippen MR) is 127 cm³/mol. The molecule has 0 aliphatic carbocycles. The van der Waals surface area contributed by atoms with Gasteiger partial charge in [0.15, 0.2) is 0 Å². The highest BCUT2D eigenvalue weighted by atomic mass is 16.5. The van der Waals surface area contributed by atoms with Crippen LogP contribution in [0.1, 0.15) is 34.6 Å². The summed E-state index contributed by atoms with van der Waals surface area (Å²) in [4.78, 5) is 27.7. The Labute approximate surface area is 195 Å². The standard InChI is InChI=1S/C25H33N3O5/c1-16-13-26-17(2)15-33-22-10-9-19(12-21(22)25(30)28(3)14-23(16)32-5)27-24(29)18-7-6-8-20(11-18)31-4/h6-12,16-17,23,26H,13-15H2,1-5H3,(H,27,29)/t16-,17-,23+/m0/s1. The van der Waals surface area contributed by atoms with Gasteiger partial charge in [-0.05, 0) is 49.2 Å². The number of carbonyl (C=O) groups is 2. The number of carbonyl (C=O) groups excluding carboxylic acids is 2. The van der Waals surface area contributed by atoms with E-state index in [1.54, 1.807) is 68.6 Å². The molecule has 8 nitrogen and oxygen atoms in total. The third-order valence-electron chi connectivity index (χ3n) is 5.81. The molecule has 0 aromatic heterocycles. The van der Waals surface area contributed by atoms with Crippen molar-refractivity contribution in [3.63, 3.8) is 0 Å². The van der Waals surface area contributed by atoms with Crippen LogP contribution in [0.15, 0.2) is 42.5 Å². The van der Waals surface area contributed by atoms with Gasteiger partial charge in [0.05, 0.1) is 18.8 Å². The fourth-order valence-electron chi connectivity index (χ4n) is 3.71. The van der Waals surface area contributed by atoms with Crippen LogP contribution < -0.4 is 20.1 Å². The van der Waals surface area contributed by atoms with E-state index < -0.39 is 0 Å². The van der Waals surface area contributed by atoms with E-state index in [2.05, 4.69) is 17.6 Å². The number of hydrogen-bond donors (Lipinski definition) is 2. The van der Waals surface area contributed by atoms with E-state index in [9.17, 15) is 9.59 Å². The van der Waals surface area contributed by atoms with Gasteiger partial charge in [-0.3, -0.25) is 9.59 Å². The van der Waals surface area contributed by atoms with Gasteiger partial charge in [-0.15, -0.1) is 0 Å². The molecule has 2 N–H and O–H groups in total. The van der Waals surface area contributed by atoms with Crippen molar-refractivity contribution in [1.82, 2.24) is 10.2 Å². The van der Waals surface area contributed by atoms with E-state index in [-0.39, 0.29) is 29.9 Å². The Bertz CT molecular complexity index is 980. The predicted octanol–water partition coefficient (Wildman–Crippen LogP) is 3.04. The summed E-state index contributed by atoms with van der Waals surface area (Å²) in [6, 6.07) is 12.1. The number of benzene rings is 2. The lowest BCUT2D eigenvalue weighted by Crippen LogP contribution is -2.44. The lowest BCUT2D eigenvalue weighted by Gasteiger charge is -2.30. The van der Waals surface area contributed by atoms with Crippen molar-refractivity contribution < 1.29 is 23.8 Å². The number of nitrogens with one attached hydrogen (secondary N) is 2. The van der Waals surface area contributed by atoms with Crippen molar-refractivity contribution in [1.29, 1.82) is 0 Å². The summed E-state index contributed by atoms with van der Waals surface area (Å²) < 4.78 is 16.8. The molecule has 1 heterocycles. The molecule has 2 aromatic rings. The molecule has 0 spiro atoms. The van der Waals surface area contributed by atoms with E-state index in [0.29, 0.717) is 41.5 Å². The normalized spacial score (nSPS) is 21.8. The third-order valence-corrected chi connectivity index (χ3v) is 5.81. The molecule has 2 aromatic carbocycles. The Hall–Kier alpha value is -3.10. The van der Waals surface area contributed by atoms with Gasteiger partial charge in [0.2, 0.25) is 0 Å². The molecule has 0 unspecified atom stereocenters. The summed E-state index contributed by atoms with van der Waals surface area (Å²) in [5, 5.41) is 6.32. The molecule has 3 atom stereocenters. The van der Waals surface area contributed by atoms with Crippen molar-refractivity contribution in [2.24, 2.45) is 5.92 Å². The molecule has 178 valence electrons. The number of likely N-dealkylation sites (N-methyl/N-ethyl adjacent to an activating group) is 1.